The van der Waals surface area contributed by atoms with Crippen molar-refractivity contribution in [1.82, 2.24) is 0 Å². The van der Waals surface area contributed by atoms with Crippen molar-refractivity contribution >= 4 is 23.4 Å². The zero-order valence-corrected chi connectivity index (χ0v) is 11.7. The second-order valence-corrected chi connectivity index (χ2v) is 5.04. The Balaban J connectivity index is 2.17. The fourth-order valence-electron chi connectivity index (χ4n) is 1.70. The summed E-state index contributed by atoms with van der Waals surface area (Å²) in [5.74, 6) is 0.476. The van der Waals surface area contributed by atoms with Gasteiger partial charge in [0.05, 0.1) is 24.8 Å². The largest absolute Gasteiger partial charge is 0.495 e. The third-order valence-electron chi connectivity index (χ3n) is 2.57. The molecule has 0 aliphatic carbocycles. The summed E-state index contributed by atoms with van der Waals surface area (Å²) in [7, 11) is 1.59. The van der Waals surface area contributed by atoms with Crippen molar-refractivity contribution in [3.8, 4) is 5.75 Å². The number of carboxylic acids is 1. The third-order valence-corrected chi connectivity index (χ3v) is 3.67. The van der Waals surface area contributed by atoms with Crippen LogP contribution in [0.25, 0.3) is 0 Å². The molecular weight excluding hydrogens is 278 g/mol. The number of aliphatic carboxylic acids is 1. The Morgan fingerprint density at radius 3 is 2.85 bits per heavy atom. The zero-order valence-electron chi connectivity index (χ0n) is 10.9. The lowest BCUT2D eigenvalue weighted by Crippen LogP contribution is -2.10. The highest BCUT2D eigenvalue weighted by molar-refractivity contribution is 8.00. The molecule has 6 heteroatoms. The van der Waals surface area contributed by atoms with E-state index >= 15 is 0 Å². The Hall–Kier alpha value is -2.08. The van der Waals surface area contributed by atoms with Crippen molar-refractivity contribution in [3.63, 3.8) is 0 Å². The minimum absolute atomic E-state index is 0.0203. The molecule has 0 aliphatic heterocycles. The van der Waals surface area contributed by atoms with E-state index in [9.17, 15) is 4.79 Å². The fraction of sp³-hybridized carbons (Fsp3) is 0.214. The minimum Gasteiger partial charge on any atom is -0.495 e. The van der Waals surface area contributed by atoms with E-state index in [0.717, 1.165) is 5.69 Å². The van der Waals surface area contributed by atoms with Gasteiger partial charge in [-0.05, 0) is 24.3 Å². The van der Waals surface area contributed by atoms with Crippen LogP contribution < -0.4 is 10.1 Å². The summed E-state index contributed by atoms with van der Waals surface area (Å²) >= 11 is 1.24. The first kappa shape index (κ1) is 14.3. The molecule has 0 aliphatic rings. The molecule has 0 fully saturated rings. The van der Waals surface area contributed by atoms with Gasteiger partial charge in [-0.3, -0.25) is 4.79 Å². The molecule has 0 radical (unpaired) electrons. The normalized spacial score (nSPS) is 11.8. The minimum atomic E-state index is -0.867. The van der Waals surface area contributed by atoms with Gasteiger partial charge in [0.1, 0.15) is 16.9 Å². The van der Waals surface area contributed by atoms with Crippen molar-refractivity contribution in [2.24, 2.45) is 0 Å². The molecule has 1 aromatic heterocycles. The fourth-order valence-corrected chi connectivity index (χ4v) is 2.51. The molecule has 2 aromatic rings. The second-order valence-electron chi connectivity index (χ2n) is 3.94. The highest BCUT2D eigenvalue weighted by Gasteiger charge is 2.17. The maximum atomic E-state index is 10.7. The van der Waals surface area contributed by atoms with E-state index in [0.29, 0.717) is 11.5 Å². The van der Waals surface area contributed by atoms with E-state index in [2.05, 4.69) is 5.32 Å². The van der Waals surface area contributed by atoms with Gasteiger partial charge in [0.2, 0.25) is 0 Å². The number of rotatable bonds is 7. The predicted molar refractivity (Wildman–Crippen MR) is 78.2 cm³/mol. The number of anilines is 1. The Morgan fingerprint density at radius 1 is 1.40 bits per heavy atom. The van der Waals surface area contributed by atoms with Crippen molar-refractivity contribution in [2.75, 3.05) is 18.2 Å². The number of benzene rings is 1. The van der Waals surface area contributed by atoms with Crippen LogP contribution in [0.2, 0.25) is 0 Å². The average molecular weight is 293 g/mol. The topological polar surface area (TPSA) is 71.7 Å². The van der Waals surface area contributed by atoms with E-state index in [1.54, 1.807) is 19.4 Å². The van der Waals surface area contributed by atoms with Crippen LogP contribution >= 0.6 is 11.8 Å². The highest BCUT2D eigenvalue weighted by Crippen LogP contribution is 2.34. The summed E-state index contributed by atoms with van der Waals surface area (Å²) < 4.78 is 10.6. The lowest BCUT2D eigenvalue weighted by atomic mass is 10.3. The summed E-state index contributed by atoms with van der Waals surface area (Å²) in [5, 5.41) is 11.8. The summed E-state index contributed by atoms with van der Waals surface area (Å²) in [6, 6.07) is 11.0. The molecule has 20 heavy (non-hydrogen) atoms. The van der Waals surface area contributed by atoms with Crippen LogP contribution in [0.15, 0.2) is 47.1 Å². The van der Waals surface area contributed by atoms with Gasteiger partial charge in [-0.2, -0.15) is 0 Å². The first-order chi connectivity index (χ1) is 9.70. The lowest BCUT2D eigenvalue weighted by molar-refractivity contribution is -0.133. The van der Waals surface area contributed by atoms with E-state index in [-0.39, 0.29) is 11.1 Å². The van der Waals surface area contributed by atoms with Gasteiger partial charge in [0, 0.05) is 0 Å². The summed E-state index contributed by atoms with van der Waals surface area (Å²) in [6.07, 6.45) is 1.56. The van der Waals surface area contributed by atoms with Gasteiger partial charge in [-0.15, -0.1) is 11.8 Å². The van der Waals surface area contributed by atoms with Crippen LogP contribution in [0.4, 0.5) is 5.69 Å². The molecule has 2 rings (SSSR count). The number of furan rings is 1. The lowest BCUT2D eigenvalue weighted by Gasteiger charge is -2.18. The smallest absolute Gasteiger partial charge is 0.313 e. The van der Waals surface area contributed by atoms with Crippen molar-refractivity contribution < 1.29 is 19.1 Å². The molecule has 0 saturated heterocycles. The van der Waals surface area contributed by atoms with Gasteiger partial charge in [0.15, 0.2) is 0 Å². The van der Waals surface area contributed by atoms with Crippen LogP contribution in [0.1, 0.15) is 11.1 Å². The molecule has 1 heterocycles. The molecule has 2 N–H and O–H groups in total. The Morgan fingerprint density at radius 2 is 2.20 bits per heavy atom. The van der Waals surface area contributed by atoms with Crippen LogP contribution in [0.3, 0.4) is 0 Å². The van der Waals surface area contributed by atoms with Crippen molar-refractivity contribution in [2.45, 2.75) is 5.37 Å². The van der Waals surface area contributed by atoms with Gasteiger partial charge in [-0.1, -0.05) is 12.1 Å². The molecule has 5 nitrogen and oxygen atoms in total. The van der Waals surface area contributed by atoms with Gasteiger partial charge >= 0.3 is 5.97 Å². The molecule has 0 bridgehead atoms. The number of thioether (sulfide) groups is 1. The van der Waals surface area contributed by atoms with Crippen molar-refractivity contribution in [1.29, 1.82) is 0 Å². The number of hydrogen-bond acceptors (Lipinski definition) is 5. The highest BCUT2D eigenvalue weighted by atomic mass is 32.2. The zero-order chi connectivity index (χ0) is 14.4. The summed E-state index contributed by atoms with van der Waals surface area (Å²) in [6.45, 7) is 0. The maximum Gasteiger partial charge on any atom is 0.313 e. The molecule has 0 amide bonds. The Labute approximate surface area is 120 Å². The number of methoxy groups -OCH3 is 1. The average Bonchev–Trinajstić information content (AvgIpc) is 2.97. The summed E-state index contributed by atoms with van der Waals surface area (Å²) in [4.78, 5) is 10.7. The SMILES string of the molecule is COc1ccccc1N[C@H](SCC(=O)O)c1ccco1. The Kier molecular flexibility index (Phi) is 4.95. The molecule has 0 spiro atoms. The van der Waals surface area contributed by atoms with Gasteiger partial charge in [-0.25, -0.2) is 0 Å². The monoisotopic (exact) mass is 293 g/mol. The summed E-state index contributed by atoms with van der Waals surface area (Å²) in [5.41, 5.74) is 0.786. The number of hydrogen-bond donors (Lipinski definition) is 2. The molecule has 0 saturated carbocycles. The van der Waals surface area contributed by atoms with E-state index in [4.69, 9.17) is 14.3 Å². The molecule has 106 valence electrons. The number of ether oxygens (including phenoxy) is 1. The van der Waals surface area contributed by atoms with Gasteiger partial charge in [0.25, 0.3) is 0 Å². The van der Waals surface area contributed by atoms with Crippen LogP contribution in [0.5, 0.6) is 5.75 Å². The number of para-hydroxylation sites is 2. The Bertz CT molecular complexity index is 556. The quantitative estimate of drug-likeness (QED) is 0.764. The number of nitrogens with one attached hydrogen (secondary N) is 1. The predicted octanol–water partition coefficient (Wildman–Crippen LogP) is 3.22. The maximum absolute atomic E-state index is 10.7. The van der Waals surface area contributed by atoms with Crippen molar-refractivity contribution in [3.05, 3.63) is 48.4 Å². The molecule has 0 unspecified atom stereocenters. The molecular formula is C14H15NO4S. The van der Waals surface area contributed by atoms with Crippen LogP contribution in [-0.2, 0) is 4.79 Å². The van der Waals surface area contributed by atoms with Crippen LogP contribution in [-0.4, -0.2) is 23.9 Å². The second kappa shape index (κ2) is 6.91. The van der Waals surface area contributed by atoms with E-state index in [1.807, 2.05) is 30.3 Å². The molecule has 1 atom stereocenters. The molecule has 1 aromatic carbocycles. The van der Waals surface area contributed by atoms with Gasteiger partial charge < -0.3 is 19.6 Å². The first-order valence-corrected chi connectivity index (χ1v) is 7.02. The van der Waals surface area contributed by atoms with E-state index < -0.39 is 5.97 Å². The third kappa shape index (κ3) is 3.71. The standard InChI is InChI=1S/C14H15NO4S/c1-18-11-6-3-2-5-10(11)15-14(20-9-13(16)17)12-7-4-8-19-12/h2-8,14-15H,9H2,1H3,(H,16,17)/t14-/m1/s1. The number of carbonyl (C=O) groups is 1. The van der Waals surface area contributed by atoms with Crippen LogP contribution in [0, 0.1) is 0 Å². The van der Waals surface area contributed by atoms with E-state index in [1.165, 1.54) is 11.8 Å². The first-order valence-electron chi connectivity index (χ1n) is 5.97. The number of carboxylic acid groups (broad SMARTS) is 1.